The normalized spacial score (nSPS) is 14.8. The highest BCUT2D eigenvalue weighted by molar-refractivity contribution is 9.10. The molecule has 2 N–H and O–H groups in total. The number of sulfonamides is 1. The maximum atomic E-state index is 12.6. The van der Waals surface area contributed by atoms with Crippen molar-refractivity contribution in [3.05, 3.63) is 64.1 Å². The zero-order valence-corrected chi connectivity index (χ0v) is 18.5. The molecule has 160 valence electrons. The summed E-state index contributed by atoms with van der Waals surface area (Å²) in [7, 11) is -3.54. The molecular formula is C20H22BrN3O5S. The van der Waals surface area contributed by atoms with Crippen LogP contribution in [0.3, 0.4) is 0 Å². The summed E-state index contributed by atoms with van der Waals surface area (Å²) < 4.78 is 32.6. The maximum absolute atomic E-state index is 12.6. The van der Waals surface area contributed by atoms with Gasteiger partial charge in [0.15, 0.2) is 0 Å². The second-order valence-electron chi connectivity index (χ2n) is 6.63. The van der Waals surface area contributed by atoms with Gasteiger partial charge in [-0.1, -0.05) is 34.1 Å². The molecule has 10 heteroatoms. The minimum absolute atomic E-state index is 0.158. The van der Waals surface area contributed by atoms with Crippen molar-refractivity contribution in [2.45, 2.75) is 11.4 Å². The van der Waals surface area contributed by atoms with Gasteiger partial charge in [0.2, 0.25) is 15.9 Å². The number of hydrogen-bond donors (Lipinski definition) is 2. The van der Waals surface area contributed by atoms with Gasteiger partial charge in [0.25, 0.3) is 5.91 Å². The molecule has 2 aromatic rings. The molecule has 0 spiro atoms. The molecule has 1 fully saturated rings. The number of benzene rings is 2. The third kappa shape index (κ3) is 5.88. The second kappa shape index (κ2) is 10.2. The smallest absolute Gasteiger partial charge is 0.251 e. The summed E-state index contributed by atoms with van der Waals surface area (Å²) >= 11 is 3.30. The molecule has 0 bridgehead atoms. The number of carbonyl (C=O) groups excluding carboxylic acids is 2. The van der Waals surface area contributed by atoms with E-state index in [0.717, 1.165) is 10.0 Å². The van der Waals surface area contributed by atoms with Crippen molar-refractivity contribution < 1.29 is 22.7 Å². The fourth-order valence-corrected chi connectivity index (χ4v) is 4.68. The van der Waals surface area contributed by atoms with E-state index in [-0.39, 0.29) is 29.8 Å². The maximum Gasteiger partial charge on any atom is 0.251 e. The Bertz CT molecular complexity index is 1010. The van der Waals surface area contributed by atoms with Crippen LogP contribution in [-0.2, 0) is 26.1 Å². The summed E-state index contributed by atoms with van der Waals surface area (Å²) in [6.45, 7) is 1.53. The monoisotopic (exact) mass is 495 g/mol. The zero-order valence-electron chi connectivity index (χ0n) is 16.1. The molecule has 0 radical (unpaired) electrons. The van der Waals surface area contributed by atoms with Crippen LogP contribution in [0.15, 0.2) is 57.9 Å². The quantitative estimate of drug-likeness (QED) is 0.605. The number of halogens is 1. The molecule has 1 aliphatic rings. The first-order chi connectivity index (χ1) is 14.4. The number of rotatable bonds is 7. The number of hydrogen-bond acceptors (Lipinski definition) is 5. The molecule has 0 saturated carbocycles. The fourth-order valence-electron chi connectivity index (χ4n) is 2.87. The van der Waals surface area contributed by atoms with Gasteiger partial charge >= 0.3 is 0 Å². The van der Waals surface area contributed by atoms with Crippen LogP contribution in [0.25, 0.3) is 0 Å². The summed E-state index contributed by atoms with van der Waals surface area (Å²) in [5, 5.41) is 5.26. The Morgan fingerprint density at radius 3 is 2.40 bits per heavy atom. The Morgan fingerprint density at radius 1 is 1.03 bits per heavy atom. The number of ether oxygens (including phenoxy) is 1. The predicted octanol–water partition coefficient (Wildman–Crippen LogP) is 1.52. The Hall–Kier alpha value is -2.27. The lowest BCUT2D eigenvalue weighted by atomic mass is 10.2. The number of amides is 2. The van der Waals surface area contributed by atoms with Gasteiger partial charge in [-0.15, -0.1) is 0 Å². The SMILES string of the molecule is O=C(CNC(=O)c1cccc(Br)c1)NCc1ccc(S(=O)(=O)N2CCOCC2)cc1. The van der Waals surface area contributed by atoms with Crippen molar-refractivity contribution in [3.8, 4) is 0 Å². The molecule has 1 aliphatic heterocycles. The van der Waals surface area contributed by atoms with E-state index in [1.165, 1.54) is 16.4 Å². The van der Waals surface area contributed by atoms with Crippen LogP contribution in [0.5, 0.6) is 0 Å². The molecule has 0 aromatic heterocycles. The van der Waals surface area contributed by atoms with E-state index < -0.39 is 10.0 Å². The lowest BCUT2D eigenvalue weighted by molar-refractivity contribution is -0.120. The second-order valence-corrected chi connectivity index (χ2v) is 9.48. The van der Waals surface area contributed by atoms with Crippen LogP contribution in [0.2, 0.25) is 0 Å². The van der Waals surface area contributed by atoms with E-state index in [2.05, 4.69) is 26.6 Å². The standard InChI is InChI=1S/C20H22BrN3O5S/c21-17-3-1-2-16(12-17)20(26)23-14-19(25)22-13-15-4-6-18(7-5-15)30(27,28)24-8-10-29-11-9-24/h1-7,12H,8-11,13-14H2,(H,22,25)(H,23,26). The average Bonchev–Trinajstić information content (AvgIpc) is 2.77. The van der Waals surface area contributed by atoms with Gasteiger partial charge in [0.05, 0.1) is 24.7 Å². The molecule has 2 aromatic carbocycles. The summed E-state index contributed by atoms with van der Waals surface area (Å²) in [4.78, 5) is 24.3. The molecule has 1 saturated heterocycles. The van der Waals surface area contributed by atoms with E-state index in [1.807, 2.05) is 0 Å². The molecule has 8 nitrogen and oxygen atoms in total. The highest BCUT2D eigenvalue weighted by Gasteiger charge is 2.26. The first-order valence-corrected chi connectivity index (χ1v) is 11.6. The van der Waals surface area contributed by atoms with Crippen LogP contribution in [0.4, 0.5) is 0 Å². The van der Waals surface area contributed by atoms with Gasteiger partial charge in [-0.25, -0.2) is 8.42 Å². The van der Waals surface area contributed by atoms with Gasteiger partial charge in [-0.3, -0.25) is 9.59 Å². The lowest BCUT2D eigenvalue weighted by Crippen LogP contribution is -2.40. The predicted molar refractivity (Wildman–Crippen MR) is 114 cm³/mol. The van der Waals surface area contributed by atoms with Crippen molar-refractivity contribution in [1.82, 2.24) is 14.9 Å². The summed E-state index contributed by atoms with van der Waals surface area (Å²) in [6, 6.07) is 13.2. The van der Waals surface area contributed by atoms with Crippen LogP contribution in [0.1, 0.15) is 15.9 Å². The number of nitrogens with one attached hydrogen (secondary N) is 2. The molecule has 2 amide bonds. The van der Waals surface area contributed by atoms with Crippen molar-refractivity contribution >= 4 is 37.8 Å². The van der Waals surface area contributed by atoms with Crippen LogP contribution in [-0.4, -0.2) is 57.4 Å². The molecule has 0 aliphatic carbocycles. The van der Waals surface area contributed by atoms with Crippen LogP contribution >= 0.6 is 15.9 Å². The third-order valence-corrected chi connectivity index (χ3v) is 6.92. The largest absolute Gasteiger partial charge is 0.379 e. The van der Waals surface area contributed by atoms with E-state index in [4.69, 9.17) is 4.74 Å². The van der Waals surface area contributed by atoms with Gasteiger partial charge in [-0.2, -0.15) is 4.31 Å². The number of morpholine rings is 1. The molecular weight excluding hydrogens is 474 g/mol. The zero-order chi connectivity index (χ0) is 21.6. The van der Waals surface area contributed by atoms with Crippen molar-refractivity contribution in [2.75, 3.05) is 32.8 Å². The highest BCUT2D eigenvalue weighted by Crippen LogP contribution is 2.17. The molecule has 0 atom stereocenters. The first-order valence-electron chi connectivity index (χ1n) is 9.33. The average molecular weight is 496 g/mol. The lowest BCUT2D eigenvalue weighted by Gasteiger charge is -2.26. The van der Waals surface area contributed by atoms with Crippen molar-refractivity contribution in [3.63, 3.8) is 0 Å². The molecule has 0 unspecified atom stereocenters. The Labute approximate surface area is 183 Å². The Balaban J connectivity index is 1.48. The molecule has 30 heavy (non-hydrogen) atoms. The Kier molecular flexibility index (Phi) is 7.59. The molecule has 1 heterocycles. The van der Waals surface area contributed by atoms with Crippen molar-refractivity contribution in [2.24, 2.45) is 0 Å². The Morgan fingerprint density at radius 2 is 1.73 bits per heavy atom. The summed E-state index contributed by atoms with van der Waals surface area (Å²) in [5.41, 5.74) is 1.21. The third-order valence-electron chi connectivity index (χ3n) is 4.52. The minimum atomic E-state index is -3.54. The van der Waals surface area contributed by atoms with E-state index in [9.17, 15) is 18.0 Å². The topological polar surface area (TPSA) is 105 Å². The van der Waals surface area contributed by atoms with Crippen molar-refractivity contribution in [1.29, 1.82) is 0 Å². The van der Waals surface area contributed by atoms with Gasteiger partial charge in [-0.05, 0) is 35.9 Å². The van der Waals surface area contributed by atoms with Gasteiger partial charge < -0.3 is 15.4 Å². The van der Waals surface area contributed by atoms with Crippen LogP contribution < -0.4 is 10.6 Å². The minimum Gasteiger partial charge on any atom is -0.379 e. The van der Waals surface area contributed by atoms with E-state index >= 15 is 0 Å². The fraction of sp³-hybridized carbons (Fsp3) is 0.300. The van der Waals surface area contributed by atoms with Gasteiger partial charge in [0.1, 0.15) is 0 Å². The molecule has 3 rings (SSSR count). The van der Waals surface area contributed by atoms with E-state index in [1.54, 1.807) is 36.4 Å². The first kappa shape index (κ1) is 22.4. The number of carbonyl (C=O) groups is 2. The van der Waals surface area contributed by atoms with Crippen LogP contribution in [0, 0.1) is 0 Å². The highest BCUT2D eigenvalue weighted by atomic mass is 79.9. The summed E-state index contributed by atoms with van der Waals surface area (Å²) in [5.74, 6) is -0.688. The number of nitrogens with zero attached hydrogens (tertiary/aromatic N) is 1. The van der Waals surface area contributed by atoms with Gasteiger partial charge in [0, 0.05) is 29.7 Å². The summed E-state index contributed by atoms with van der Waals surface area (Å²) in [6.07, 6.45) is 0. The van der Waals surface area contributed by atoms with E-state index in [0.29, 0.717) is 31.9 Å².